The summed E-state index contributed by atoms with van der Waals surface area (Å²) >= 11 is 0. The zero-order chi connectivity index (χ0) is 13.2. The fourth-order valence-electron chi connectivity index (χ4n) is 1.75. The lowest BCUT2D eigenvalue weighted by molar-refractivity contribution is -0.144. The molecular formula is C15H23NO2. The zero-order valence-corrected chi connectivity index (χ0v) is 11.1. The first kappa shape index (κ1) is 14.7. The predicted molar refractivity (Wildman–Crippen MR) is 73.1 cm³/mol. The van der Waals surface area contributed by atoms with E-state index in [9.17, 15) is 4.79 Å². The Kier molecular flexibility index (Phi) is 7.11. The second-order valence-electron chi connectivity index (χ2n) is 4.48. The van der Waals surface area contributed by atoms with Crippen molar-refractivity contribution in [2.45, 2.75) is 45.1 Å². The molecule has 1 atom stereocenters. The molecule has 0 aliphatic carbocycles. The maximum absolute atomic E-state index is 11.5. The molecule has 0 aliphatic heterocycles. The molecule has 1 unspecified atom stereocenters. The highest BCUT2D eigenvalue weighted by molar-refractivity contribution is 5.69. The van der Waals surface area contributed by atoms with Gasteiger partial charge in [-0.15, -0.1) is 0 Å². The summed E-state index contributed by atoms with van der Waals surface area (Å²) < 4.78 is 5.14. The van der Waals surface area contributed by atoms with Crippen LogP contribution in [0.1, 0.15) is 50.6 Å². The second kappa shape index (κ2) is 8.70. The van der Waals surface area contributed by atoms with Crippen LogP contribution in [0, 0.1) is 0 Å². The van der Waals surface area contributed by atoms with E-state index in [4.69, 9.17) is 10.5 Å². The van der Waals surface area contributed by atoms with Gasteiger partial charge in [0.05, 0.1) is 6.61 Å². The number of hydrogen-bond acceptors (Lipinski definition) is 3. The van der Waals surface area contributed by atoms with Crippen molar-refractivity contribution < 1.29 is 9.53 Å². The summed E-state index contributed by atoms with van der Waals surface area (Å²) in [5, 5.41) is 0. The number of carbonyl (C=O) groups excluding carboxylic acids is 1. The first-order chi connectivity index (χ1) is 8.74. The van der Waals surface area contributed by atoms with Crippen molar-refractivity contribution in [3.05, 3.63) is 35.9 Å². The normalized spacial score (nSPS) is 12.1. The zero-order valence-electron chi connectivity index (χ0n) is 11.1. The minimum atomic E-state index is -0.141. The van der Waals surface area contributed by atoms with Crippen LogP contribution in [0.25, 0.3) is 0 Å². The van der Waals surface area contributed by atoms with Crippen molar-refractivity contribution in [3.8, 4) is 0 Å². The summed E-state index contributed by atoms with van der Waals surface area (Å²) in [5.74, 6) is -0.141. The maximum atomic E-state index is 11.5. The smallest absolute Gasteiger partial charge is 0.305 e. The summed E-state index contributed by atoms with van der Waals surface area (Å²) in [6.07, 6.45) is 4.22. The van der Waals surface area contributed by atoms with Gasteiger partial charge in [0.2, 0.25) is 0 Å². The number of hydrogen-bond donors (Lipinski definition) is 1. The Hall–Kier alpha value is -1.35. The molecule has 0 saturated heterocycles. The van der Waals surface area contributed by atoms with E-state index in [1.165, 1.54) is 0 Å². The van der Waals surface area contributed by atoms with E-state index in [0.717, 1.165) is 24.8 Å². The van der Waals surface area contributed by atoms with Crippen LogP contribution >= 0.6 is 0 Å². The van der Waals surface area contributed by atoms with Crippen LogP contribution in [-0.4, -0.2) is 12.6 Å². The molecule has 1 aromatic carbocycles. The molecule has 18 heavy (non-hydrogen) atoms. The Morgan fingerprint density at radius 2 is 2.00 bits per heavy atom. The van der Waals surface area contributed by atoms with Gasteiger partial charge in [-0.05, 0) is 18.4 Å². The minimum absolute atomic E-state index is 0.0885. The number of nitrogens with two attached hydrogens (primary N) is 1. The fraction of sp³-hybridized carbons (Fsp3) is 0.533. The highest BCUT2D eigenvalue weighted by atomic mass is 16.5. The molecule has 0 saturated carbocycles. The largest absolute Gasteiger partial charge is 0.466 e. The van der Waals surface area contributed by atoms with Crippen molar-refractivity contribution >= 4 is 5.97 Å². The Morgan fingerprint density at radius 1 is 1.28 bits per heavy atom. The molecule has 100 valence electrons. The second-order valence-corrected chi connectivity index (χ2v) is 4.48. The first-order valence-corrected chi connectivity index (χ1v) is 6.70. The number of rotatable bonds is 8. The minimum Gasteiger partial charge on any atom is -0.466 e. The van der Waals surface area contributed by atoms with Crippen molar-refractivity contribution in [3.63, 3.8) is 0 Å². The van der Waals surface area contributed by atoms with E-state index < -0.39 is 0 Å². The highest BCUT2D eigenvalue weighted by Gasteiger charge is 2.09. The quantitative estimate of drug-likeness (QED) is 0.568. The lowest BCUT2D eigenvalue weighted by Crippen LogP contribution is -2.14. The van der Waals surface area contributed by atoms with Gasteiger partial charge in [-0.25, -0.2) is 0 Å². The Balaban J connectivity index is 2.18. The average molecular weight is 249 g/mol. The third-order valence-corrected chi connectivity index (χ3v) is 2.90. The van der Waals surface area contributed by atoms with Gasteiger partial charge < -0.3 is 10.5 Å². The summed E-state index contributed by atoms with van der Waals surface area (Å²) in [6.45, 7) is 2.66. The standard InChI is InChI=1S/C15H23NO2/c1-2-3-7-12-18-15(17)11-10-14(16)13-8-5-4-6-9-13/h4-6,8-9,14H,2-3,7,10-12,16H2,1H3. The molecule has 2 N–H and O–H groups in total. The molecular weight excluding hydrogens is 226 g/mol. The van der Waals surface area contributed by atoms with Crippen LogP contribution in [0.5, 0.6) is 0 Å². The average Bonchev–Trinajstić information content (AvgIpc) is 2.42. The van der Waals surface area contributed by atoms with Crippen LogP contribution in [-0.2, 0) is 9.53 Å². The molecule has 3 nitrogen and oxygen atoms in total. The number of unbranched alkanes of at least 4 members (excludes halogenated alkanes) is 2. The van der Waals surface area contributed by atoms with E-state index in [1.807, 2.05) is 30.3 Å². The molecule has 1 aromatic rings. The van der Waals surface area contributed by atoms with Gasteiger partial charge >= 0.3 is 5.97 Å². The monoisotopic (exact) mass is 249 g/mol. The van der Waals surface area contributed by atoms with Gasteiger partial charge in [0.25, 0.3) is 0 Å². The lowest BCUT2D eigenvalue weighted by Gasteiger charge is -2.11. The summed E-state index contributed by atoms with van der Waals surface area (Å²) in [5.41, 5.74) is 7.08. The molecule has 0 aliphatic rings. The maximum Gasteiger partial charge on any atom is 0.305 e. The van der Waals surface area contributed by atoms with Gasteiger partial charge in [0.15, 0.2) is 0 Å². The van der Waals surface area contributed by atoms with E-state index in [0.29, 0.717) is 19.4 Å². The van der Waals surface area contributed by atoms with Crippen LogP contribution in [0.3, 0.4) is 0 Å². The van der Waals surface area contributed by atoms with Gasteiger partial charge in [-0.3, -0.25) is 4.79 Å². The van der Waals surface area contributed by atoms with E-state index in [-0.39, 0.29) is 12.0 Å². The fourth-order valence-corrected chi connectivity index (χ4v) is 1.75. The van der Waals surface area contributed by atoms with Crippen LogP contribution in [0.15, 0.2) is 30.3 Å². The van der Waals surface area contributed by atoms with Gasteiger partial charge in [-0.2, -0.15) is 0 Å². The third-order valence-electron chi connectivity index (χ3n) is 2.90. The molecule has 3 heteroatoms. The lowest BCUT2D eigenvalue weighted by atomic mass is 10.0. The SMILES string of the molecule is CCCCCOC(=O)CCC(N)c1ccccc1. The van der Waals surface area contributed by atoms with Gasteiger partial charge in [0, 0.05) is 12.5 Å². The molecule has 0 heterocycles. The van der Waals surface area contributed by atoms with E-state index in [2.05, 4.69) is 6.92 Å². The topological polar surface area (TPSA) is 52.3 Å². The Labute approximate surface area is 109 Å². The van der Waals surface area contributed by atoms with Crippen LogP contribution in [0.4, 0.5) is 0 Å². The molecule has 0 spiro atoms. The number of benzene rings is 1. The molecule has 0 aromatic heterocycles. The number of carbonyl (C=O) groups is 1. The molecule has 1 rings (SSSR count). The van der Waals surface area contributed by atoms with E-state index in [1.54, 1.807) is 0 Å². The summed E-state index contributed by atoms with van der Waals surface area (Å²) in [7, 11) is 0. The van der Waals surface area contributed by atoms with Crippen molar-refractivity contribution in [2.24, 2.45) is 5.73 Å². The van der Waals surface area contributed by atoms with Crippen molar-refractivity contribution in [1.29, 1.82) is 0 Å². The number of esters is 1. The predicted octanol–water partition coefficient (Wildman–Crippen LogP) is 3.20. The Bertz CT molecular complexity index is 338. The molecule has 0 radical (unpaired) electrons. The molecule has 0 bridgehead atoms. The summed E-state index contributed by atoms with van der Waals surface area (Å²) in [4.78, 5) is 11.5. The molecule has 0 fully saturated rings. The first-order valence-electron chi connectivity index (χ1n) is 6.70. The summed E-state index contributed by atoms with van der Waals surface area (Å²) in [6, 6.07) is 9.75. The van der Waals surface area contributed by atoms with E-state index >= 15 is 0 Å². The van der Waals surface area contributed by atoms with Crippen LogP contribution < -0.4 is 5.73 Å². The highest BCUT2D eigenvalue weighted by Crippen LogP contribution is 2.15. The van der Waals surface area contributed by atoms with Crippen molar-refractivity contribution in [1.82, 2.24) is 0 Å². The Morgan fingerprint density at radius 3 is 2.67 bits per heavy atom. The third kappa shape index (κ3) is 5.82. The number of ether oxygens (including phenoxy) is 1. The van der Waals surface area contributed by atoms with Crippen molar-refractivity contribution in [2.75, 3.05) is 6.61 Å². The van der Waals surface area contributed by atoms with Gasteiger partial charge in [-0.1, -0.05) is 50.1 Å². The molecule has 0 amide bonds. The van der Waals surface area contributed by atoms with Gasteiger partial charge in [0.1, 0.15) is 0 Å². The van der Waals surface area contributed by atoms with Crippen LogP contribution in [0.2, 0.25) is 0 Å².